The standard InChI is InChI=1S/C66H121N2O7P/c1-7-10-13-16-19-22-25-28-30-31-32-33-34-35-36-37-39-40-43-46-49-52-55-58-65(69)67-63(62-74-76(71,72)73-61-60-68(4,5)6)64(57-54-51-48-45-42-27-24-21-18-15-12-9-3)75-66(70)59-56-53-50-47-44-41-38-29-26-23-20-17-14-11-8-2/h11,14,17,19-20,22-23,26,28,30,54,57,63-64H,7-10,12-13,15-16,18,21,24-25,27,29,31-53,55-56,58-62H2,1-6H3,(H-,67,69,71,72)/p+1/b14-11+,20-17+,22-19-,26-23+,30-28-,57-54-. The van der Waals surface area contributed by atoms with Crippen LogP contribution in [0.25, 0.3) is 0 Å². The third kappa shape index (κ3) is 56.2. The van der Waals surface area contributed by atoms with Crippen LogP contribution < -0.4 is 5.32 Å². The monoisotopic (exact) mass is 1090 g/mol. The molecule has 9 nitrogen and oxygen atoms in total. The molecule has 76 heavy (non-hydrogen) atoms. The fraction of sp³-hybridized carbons (Fsp3) is 0.788. The number of quaternary nitrogens is 1. The van der Waals surface area contributed by atoms with Crippen LogP contribution in [0.15, 0.2) is 72.9 Å². The van der Waals surface area contributed by atoms with Crippen LogP contribution in [0, 0.1) is 0 Å². The lowest BCUT2D eigenvalue weighted by Crippen LogP contribution is -2.47. The summed E-state index contributed by atoms with van der Waals surface area (Å²) in [6, 6.07) is -0.855. The van der Waals surface area contributed by atoms with Gasteiger partial charge in [0.25, 0.3) is 0 Å². The Morgan fingerprint density at radius 2 is 0.895 bits per heavy atom. The highest BCUT2D eigenvalue weighted by atomic mass is 31.2. The molecule has 3 atom stereocenters. The van der Waals surface area contributed by atoms with Crippen LogP contribution >= 0.6 is 7.82 Å². The molecule has 0 aromatic heterocycles. The van der Waals surface area contributed by atoms with E-state index in [1.165, 1.54) is 167 Å². The summed E-state index contributed by atoms with van der Waals surface area (Å²) in [5, 5.41) is 3.06. The molecule has 0 aromatic carbocycles. The number of hydrogen-bond acceptors (Lipinski definition) is 6. The van der Waals surface area contributed by atoms with Gasteiger partial charge in [0.05, 0.1) is 33.8 Å². The lowest BCUT2D eigenvalue weighted by Gasteiger charge is -2.27. The minimum Gasteiger partial charge on any atom is -0.456 e. The molecule has 0 fully saturated rings. The second kappa shape index (κ2) is 55.8. The van der Waals surface area contributed by atoms with Gasteiger partial charge in [-0.05, 0) is 83.1 Å². The molecule has 0 heterocycles. The Kier molecular flexibility index (Phi) is 53.9. The number of allylic oxidation sites excluding steroid dienone is 11. The highest BCUT2D eigenvalue weighted by Gasteiger charge is 2.30. The van der Waals surface area contributed by atoms with Gasteiger partial charge in [-0.25, -0.2) is 4.57 Å². The van der Waals surface area contributed by atoms with Crippen LogP contribution in [0.1, 0.15) is 284 Å². The summed E-state index contributed by atoms with van der Waals surface area (Å²) in [5.74, 6) is -0.516. The number of ether oxygens (including phenoxy) is 1. The highest BCUT2D eigenvalue weighted by Crippen LogP contribution is 2.43. The van der Waals surface area contributed by atoms with Crippen molar-refractivity contribution in [3.05, 3.63) is 72.9 Å². The molecule has 3 unspecified atom stereocenters. The van der Waals surface area contributed by atoms with Gasteiger partial charge in [0.15, 0.2) is 0 Å². The number of phosphoric acid groups is 1. The molecule has 1 amide bonds. The van der Waals surface area contributed by atoms with Gasteiger partial charge in [-0.15, -0.1) is 0 Å². The first-order valence-electron chi connectivity index (χ1n) is 31.8. The Bertz CT molecular complexity index is 1530. The molecular formula is C66H122N2O7P+. The lowest BCUT2D eigenvalue weighted by atomic mass is 10.0. The minimum atomic E-state index is -4.45. The molecule has 0 aliphatic carbocycles. The largest absolute Gasteiger partial charge is 0.472 e. The van der Waals surface area contributed by atoms with Crippen LogP contribution in [0.4, 0.5) is 0 Å². The molecule has 2 N–H and O–H groups in total. The quantitative estimate of drug-likeness (QED) is 0.0156. The summed E-state index contributed by atoms with van der Waals surface area (Å²) in [6.07, 6.45) is 71.8. The maximum absolute atomic E-state index is 13.6. The van der Waals surface area contributed by atoms with Crippen molar-refractivity contribution in [1.82, 2.24) is 5.32 Å². The van der Waals surface area contributed by atoms with E-state index in [-0.39, 0.29) is 31.5 Å². The molecule has 10 heteroatoms. The van der Waals surface area contributed by atoms with E-state index in [1.807, 2.05) is 33.3 Å². The topological polar surface area (TPSA) is 111 Å². The highest BCUT2D eigenvalue weighted by molar-refractivity contribution is 7.47. The summed E-state index contributed by atoms with van der Waals surface area (Å²) in [6.45, 7) is 6.86. The number of nitrogens with zero attached hydrogens (tertiary/aromatic N) is 1. The van der Waals surface area contributed by atoms with Gasteiger partial charge in [-0.2, -0.15) is 0 Å². The van der Waals surface area contributed by atoms with Gasteiger partial charge in [0, 0.05) is 12.8 Å². The normalized spacial score (nSPS) is 14.1. The molecule has 0 saturated carbocycles. The summed E-state index contributed by atoms with van der Waals surface area (Å²) < 4.78 is 30.7. The number of carbonyl (C=O) groups is 2. The molecule has 0 radical (unpaired) electrons. The zero-order valence-corrected chi connectivity index (χ0v) is 51.4. The van der Waals surface area contributed by atoms with E-state index in [0.717, 1.165) is 83.5 Å². The van der Waals surface area contributed by atoms with Crippen molar-refractivity contribution in [3.63, 3.8) is 0 Å². The van der Waals surface area contributed by atoms with Crippen molar-refractivity contribution in [1.29, 1.82) is 0 Å². The average molecular weight is 1090 g/mol. The van der Waals surface area contributed by atoms with Crippen molar-refractivity contribution >= 4 is 19.7 Å². The summed E-state index contributed by atoms with van der Waals surface area (Å²) in [5.41, 5.74) is 0. The number of likely N-dealkylation sites (N-methyl/N-ethyl adjacent to an activating group) is 1. The Morgan fingerprint density at radius 3 is 1.38 bits per heavy atom. The van der Waals surface area contributed by atoms with E-state index in [9.17, 15) is 19.0 Å². The third-order valence-corrected chi connectivity index (χ3v) is 14.9. The minimum absolute atomic E-state index is 0.0363. The van der Waals surface area contributed by atoms with Gasteiger partial charge < -0.3 is 19.4 Å². The first-order valence-corrected chi connectivity index (χ1v) is 33.3. The second-order valence-electron chi connectivity index (χ2n) is 22.6. The molecular weight excluding hydrogens is 964 g/mol. The van der Waals surface area contributed by atoms with E-state index in [1.54, 1.807) is 0 Å². The Hall–Kier alpha value is -2.55. The molecule has 0 bridgehead atoms. The average Bonchev–Trinajstić information content (AvgIpc) is 3.38. The van der Waals surface area contributed by atoms with Crippen LogP contribution in [-0.2, 0) is 27.9 Å². The second-order valence-corrected chi connectivity index (χ2v) is 24.1. The molecule has 0 aliphatic heterocycles. The molecule has 0 spiro atoms. The molecule has 442 valence electrons. The van der Waals surface area contributed by atoms with Gasteiger partial charge in [0.1, 0.15) is 19.3 Å². The van der Waals surface area contributed by atoms with Crippen molar-refractivity contribution < 1.29 is 37.3 Å². The summed E-state index contributed by atoms with van der Waals surface area (Å²) in [4.78, 5) is 37.7. The zero-order valence-electron chi connectivity index (χ0n) is 50.5. The molecule has 0 saturated heterocycles. The van der Waals surface area contributed by atoms with Crippen molar-refractivity contribution in [3.8, 4) is 0 Å². The predicted molar refractivity (Wildman–Crippen MR) is 328 cm³/mol. The zero-order chi connectivity index (χ0) is 55.7. The Labute approximate surface area is 470 Å². The third-order valence-electron chi connectivity index (χ3n) is 13.9. The first-order chi connectivity index (χ1) is 36.9. The maximum Gasteiger partial charge on any atom is 0.472 e. The first kappa shape index (κ1) is 73.5. The number of unbranched alkanes of at least 4 members (excludes halogenated alkanes) is 33. The molecule has 0 aliphatic rings. The van der Waals surface area contributed by atoms with E-state index >= 15 is 0 Å². The Morgan fingerprint density at radius 1 is 0.487 bits per heavy atom. The van der Waals surface area contributed by atoms with Crippen LogP contribution in [0.2, 0.25) is 0 Å². The van der Waals surface area contributed by atoms with E-state index in [0.29, 0.717) is 17.4 Å². The maximum atomic E-state index is 13.6. The van der Waals surface area contributed by atoms with E-state index < -0.39 is 20.0 Å². The number of amides is 1. The number of esters is 1. The predicted octanol–water partition coefficient (Wildman–Crippen LogP) is 19.6. The van der Waals surface area contributed by atoms with Gasteiger partial charge in [-0.3, -0.25) is 18.6 Å². The van der Waals surface area contributed by atoms with Crippen molar-refractivity contribution in [2.24, 2.45) is 0 Å². The lowest BCUT2D eigenvalue weighted by molar-refractivity contribution is -0.870. The number of nitrogens with one attached hydrogen (secondary N) is 1. The SMILES string of the molecule is CC/C=C/C=C/C=C/CCCCCCCCCC(=O)OC(/C=C\CCCCCCCCCCCC)C(COP(=O)(O)OCC[N+](C)(C)C)NC(=O)CCCCCCCCCCCCCCC/C=C\C/C=C\CCCCC. The number of hydrogen-bond donors (Lipinski definition) is 2. The smallest absolute Gasteiger partial charge is 0.456 e. The van der Waals surface area contributed by atoms with Crippen molar-refractivity contribution in [2.75, 3.05) is 40.9 Å². The van der Waals surface area contributed by atoms with Crippen LogP contribution in [0.3, 0.4) is 0 Å². The van der Waals surface area contributed by atoms with Gasteiger partial charge in [0.2, 0.25) is 5.91 Å². The van der Waals surface area contributed by atoms with E-state index in [2.05, 4.69) is 86.8 Å². The summed E-state index contributed by atoms with van der Waals surface area (Å²) in [7, 11) is 1.49. The van der Waals surface area contributed by atoms with Gasteiger partial charge >= 0.3 is 13.8 Å². The van der Waals surface area contributed by atoms with Gasteiger partial charge in [-0.1, -0.05) is 261 Å². The number of carbonyl (C=O) groups excluding carboxylic acids is 2. The molecule has 0 aromatic rings. The number of rotatable bonds is 57. The number of phosphoric ester groups is 1. The van der Waals surface area contributed by atoms with Crippen molar-refractivity contribution in [2.45, 2.75) is 296 Å². The Balaban J connectivity index is 5.16. The fourth-order valence-electron chi connectivity index (χ4n) is 9.03. The van der Waals surface area contributed by atoms with Crippen LogP contribution in [0.5, 0.6) is 0 Å². The van der Waals surface area contributed by atoms with E-state index in [4.69, 9.17) is 13.8 Å². The summed E-state index contributed by atoms with van der Waals surface area (Å²) >= 11 is 0. The fourth-order valence-corrected chi connectivity index (χ4v) is 9.77. The van der Waals surface area contributed by atoms with Crippen LogP contribution in [-0.4, -0.2) is 74.3 Å². The molecule has 0 rings (SSSR count).